The number of rotatable bonds is 4. The molecule has 1 aromatic heterocycles. The second-order valence-corrected chi connectivity index (χ2v) is 13.7. The molecule has 1 aliphatic heterocycles. The first-order valence-corrected chi connectivity index (χ1v) is 11.6. The van der Waals surface area contributed by atoms with E-state index in [-0.39, 0.29) is 11.5 Å². The van der Waals surface area contributed by atoms with Gasteiger partial charge in [0.25, 0.3) is 5.56 Å². The minimum absolute atomic E-state index is 0.0455. The number of hydrogen-bond acceptors (Lipinski definition) is 5. The zero-order valence-electron chi connectivity index (χ0n) is 16.4. The lowest BCUT2D eigenvalue weighted by Crippen LogP contribution is -2.50. The van der Waals surface area contributed by atoms with E-state index in [1.807, 2.05) is 4.98 Å². The zero-order chi connectivity index (χ0) is 20.1. The zero-order valence-corrected chi connectivity index (χ0v) is 17.4. The van der Waals surface area contributed by atoms with E-state index in [1.165, 1.54) is 0 Å². The molecule has 1 aromatic rings. The Morgan fingerprint density at radius 3 is 2.38 bits per heavy atom. The summed E-state index contributed by atoms with van der Waals surface area (Å²) in [7, 11) is -2.16. The summed E-state index contributed by atoms with van der Waals surface area (Å²) in [5, 5.41) is 10.5. The van der Waals surface area contributed by atoms with E-state index in [2.05, 4.69) is 33.9 Å². The molecule has 3 atom stereocenters. The number of H-pyrrole nitrogens is 1. The van der Waals surface area contributed by atoms with Gasteiger partial charge in [0.05, 0.1) is 17.9 Å². The lowest BCUT2D eigenvalue weighted by molar-refractivity contribution is -0.121. The maximum atomic E-state index is 13.6. The maximum Gasteiger partial charge on any atom is 0.330 e. The molecule has 0 aliphatic carbocycles. The van der Waals surface area contributed by atoms with Gasteiger partial charge in [-0.3, -0.25) is 14.3 Å². The second kappa shape index (κ2) is 6.70. The molecule has 2 heterocycles. The van der Waals surface area contributed by atoms with Crippen molar-refractivity contribution in [1.82, 2.24) is 9.55 Å². The van der Waals surface area contributed by atoms with E-state index in [0.717, 1.165) is 10.8 Å². The minimum atomic E-state index is -2.16. The van der Waals surface area contributed by atoms with Crippen molar-refractivity contribution >= 4 is 8.32 Å². The molecule has 0 saturated carbocycles. The predicted molar refractivity (Wildman–Crippen MR) is 98.2 cm³/mol. The fourth-order valence-electron chi connectivity index (χ4n) is 2.78. The second-order valence-electron chi connectivity index (χ2n) is 8.96. The molecule has 9 heteroatoms. The van der Waals surface area contributed by atoms with E-state index >= 15 is 0 Å². The molecule has 0 amide bonds. The lowest BCUT2D eigenvalue weighted by Gasteiger charge is -2.41. The van der Waals surface area contributed by atoms with E-state index < -0.39 is 49.4 Å². The molecule has 1 fully saturated rings. The molecule has 0 radical (unpaired) electrons. The summed E-state index contributed by atoms with van der Waals surface area (Å²) < 4.78 is 26.9. The average Bonchev–Trinajstić information content (AvgIpc) is 2.84. The van der Waals surface area contributed by atoms with Crippen molar-refractivity contribution in [1.29, 1.82) is 0 Å². The number of nitrogens with zero attached hydrogens (tertiary/aromatic N) is 1. The Hall–Kier alpha value is -1.29. The first-order valence-electron chi connectivity index (χ1n) is 8.70. The summed E-state index contributed by atoms with van der Waals surface area (Å²) in [6, 6.07) is 0. The van der Waals surface area contributed by atoms with Crippen molar-refractivity contribution in [2.75, 3.05) is 0 Å². The summed E-state index contributed by atoms with van der Waals surface area (Å²) in [6.45, 7) is 13.7. The highest BCUT2D eigenvalue weighted by Gasteiger charge is 2.49. The van der Waals surface area contributed by atoms with Crippen LogP contribution in [-0.2, 0) is 9.16 Å². The Morgan fingerprint density at radius 1 is 1.31 bits per heavy atom. The number of halogens is 1. The molecule has 2 rings (SSSR count). The predicted octanol–water partition coefficient (Wildman–Crippen LogP) is 2.12. The highest BCUT2D eigenvalue weighted by atomic mass is 28.4. The van der Waals surface area contributed by atoms with Gasteiger partial charge < -0.3 is 14.3 Å². The van der Waals surface area contributed by atoms with Gasteiger partial charge in [-0.15, -0.1) is 0 Å². The molecule has 7 nitrogen and oxygen atoms in total. The van der Waals surface area contributed by atoms with Crippen molar-refractivity contribution in [3.05, 3.63) is 32.9 Å². The van der Waals surface area contributed by atoms with Crippen LogP contribution in [-0.4, -0.2) is 40.8 Å². The molecule has 0 bridgehead atoms. The molecule has 2 N–H and O–H groups in total. The number of aromatic amines is 1. The highest BCUT2D eigenvalue weighted by Crippen LogP contribution is 2.42. The third-order valence-corrected chi connectivity index (χ3v) is 9.76. The minimum Gasteiger partial charge on any atom is -0.411 e. The Balaban J connectivity index is 2.37. The number of nitrogens with one attached hydrogen (secondary N) is 1. The summed E-state index contributed by atoms with van der Waals surface area (Å²) >= 11 is 0. The van der Waals surface area contributed by atoms with Crippen LogP contribution in [0.2, 0.25) is 18.1 Å². The number of aromatic nitrogens is 2. The van der Waals surface area contributed by atoms with Gasteiger partial charge in [0, 0.05) is 6.42 Å². The largest absolute Gasteiger partial charge is 0.411 e. The molecular formula is C17H29FN2O5Si. The van der Waals surface area contributed by atoms with Gasteiger partial charge in [-0.1, -0.05) is 20.8 Å². The van der Waals surface area contributed by atoms with E-state index in [0.29, 0.717) is 0 Å². The molecule has 26 heavy (non-hydrogen) atoms. The number of ether oxygens (including phenoxy) is 1. The first kappa shape index (κ1) is 21.0. The number of hydrogen-bond donors (Lipinski definition) is 2. The fraction of sp³-hybridized carbons (Fsp3) is 0.765. The van der Waals surface area contributed by atoms with Gasteiger partial charge in [0.15, 0.2) is 8.32 Å². The third-order valence-electron chi connectivity index (χ3n) is 5.26. The fourth-order valence-corrected chi connectivity index (χ4v) is 4.11. The van der Waals surface area contributed by atoms with Crippen LogP contribution in [0.5, 0.6) is 0 Å². The maximum absolute atomic E-state index is 13.6. The summed E-state index contributed by atoms with van der Waals surface area (Å²) in [5.74, 6) is -1.07. The van der Waals surface area contributed by atoms with E-state index in [1.54, 1.807) is 13.8 Å². The van der Waals surface area contributed by atoms with Gasteiger partial charge in [-0.25, -0.2) is 4.79 Å². The molecule has 1 aliphatic rings. The first-order chi connectivity index (χ1) is 11.6. The van der Waals surface area contributed by atoms with Gasteiger partial charge in [-0.05, 0) is 32.0 Å². The molecular weight excluding hydrogens is 359 g/mol. The Morgan fingerprint density at radius 2 is 1.88 bits per heavy atom. The van der Waals surface area contributed by atoms with Crippen LogP contribution in [0.15, 0.2) is 15.8 Å². The molecule has 0 unspecified atom stereocenters. The lowest BCUT2D eigenvalue weighted by atomic mass is 9.97. The van der Waals surface area contributed by atoms with Crippen LogP contribution in [0, 0.1) is 5.82 Å². The van der Waals surface area contributed by atoms with Crippen molar-refractivity contribution in [2.24, 2.45) is 0 Å². The van der Waals surface area contributed by atoms with Crippen LogP contribution in [0.25, 0.3) is 0 Å². The van der Waals surface area contributed by atoms with Crippen molar-refractivity contribution in [3.63, 3.8) is 0 Å². The van der Waals surface area contributed by atoms with Crippen LogP contribution in [0.3, 0.4) is 0 Å². The Labute approximate surface area is 153 Å². The van der Waals surface area contributed by atoms with Crippen LogP contribution < -0.4 is 11.2 Å². The van der Waals surface area contributed by atoms with E-state index in [9.17, 15) is 19.1 Å². The molecule has 1 saturated heterocycles. The van der Waals surface area contributed by atoms with Crippen molar-refractivity contribution < 1.29 is 18.7 Å². The van der Waals surface area contributed by atoms with Crippen molar-refractivity contribution in [2.45, 2.75) is 83.2 Å². The average molecular weight is 389 g/mol. The smallest absolute Gasteiger partial charge is 0.330 e. The van der Waals surface area contributed by atoms with Crippen LogP contribution in [0.1, 0.15) is 47.3 Å². The van der Waals surface area contributed by atoms with Gasteiger partial charge in [0.2, 0.25) is 5.82 Å². The normalized spacial score (nSPS) is 24.9. The monoisotopic (exact) mass is 388 g/mol. The standard InChI is InChI=1S/C17H29FN2O5Si/c1-16(2,3)26(6,7)25-11-8-12(24-13(11)17(4,5)23)20-9-10(18)14(21)19-15(20)22/h9,11-13,23H,8H2,1-7H3,(H,19,21,22)/t11-,12+,13-/m0/s1. The van der Waals surface area contributed by atoms with Gasteiger partial charge >= 0.3 is 5.69 Å². The van der Waals surface area contributed by atoms with Gasteiger partial charge in [-0.2, -0.15) is 4.39 Å². The summed E-state index contributed by atoms with van der Waals surface area (Å²) in [6.07, 6.45) is -0.875. The van der Waals surface area contributed by atoms with E-state index in [4.69, 9.17) is 9.16 Å². The van der Waals surface area contributed by atoms with Crippen LogP contribution >= 0.6 is 0 Å². The van der Waals surface area contributed by atoms with Gasteiger partial charge in [0.1, 0.15) is 12.3 Å². The van der Waals surface area contributed by atoms with Crippen molar-refractivity contribution in [3.8, 4) is 0 Å². The SMILES string of the molecule is CC(C)(O)[C@H]1O[C@@H](n2cc(F)c(=O)[nH]c2=O)C[C@@H]1O[Si](C)(C)C(C)(C)C. The number of aliphatic hydroxyl groups is 1. The Bertz CT molecular complexity index is 775. The summed E-state index contributed by atoms with van der Waals surface area (Å²) in [5.41, 5.74) is -3.05. The molecule has 0 aromatic carbocycles. The molecule has 148 valence electrons. The highest BCUT2D eigenvalue weighted by molar-refractivity contribution is 6.74. The third kappa shape index (κ3) is 4.16. The molecule has 0 spiro atoms. The Kier molecular flexibility index (Phi) is 5.42. The quantitative estimate of drug-likeness (QED) is 0.771. The van der Waals surface area contributed by atoms with Crippen LogP contribution in [0.4, 0.5) is 4.39 Å². The summed E-state index contributed by atoms with van der Waals surface area (Å²) in [4.78, 5) is 25.2. The topological polar surface area (TPSA) is 93.5 Å².